The van der Waals surface area contributed by atoms with Crippen LogP contribution in [0.15, 0.2) is 6.33 Å². The maximum Gasteiger partial charge on any atom is 0.183 e. The van der Waals surface area contributed by atoms with E-state index in [9.17, 15) is 0 Å². The van der Waals surface area contributed by atoms with Crippen LogP contribution in [0.25, 0.3) is 11.2 Å². The fourth-order valence-corrected chi connectivity index (χ4v) is 2.82. The lowest BCUT2D eigenvalue weighted by Crippen LogP contribution is -2.30. The Labute approximate surface area is 112 Å². The van der Waals surface area contributed by atoms with Gasteiger partial charge in [0.15, 0.2) is 17.0 Å². The van der Waals surface area contributed by atoms with E-state index in [1.54, 1.807) is 11.0 Å². The lowest BCUT2D eigenvalue weighted by molar-refractivity contribution is 0.349. The van der Waals surface area contributed by atoms with Crippen molar-refractivity contribution in [1.82, 2.24) is 25.0 Å². The van der Waals surface area contributed by atoms with Crippen LogP contribution in [-0.2, 0) is 6.54 Å². The number of nitrogens with zero attached hydrogens (tertiary/aromatic N) is 5. The summed E-state index contributed by atoms with van der Waals surface area (Å²) in [6.07, 6.45) is 6.71. The molecule has 1 aliphatic carbocycles. The summed E-state index contributed by atoms with van der Waals surface area (Å²) >= 11 is 0. The molecule has 19 heavy (non-hydrogen) atoms. The summed E-state index contributed by atoms with van der Waals surface area (Å²) in [5.41, 5.74) is 1.59. The number of aryl methyl sites for hydroxylation is 1. The Morgan fingerprint density at radius 1 is 1.32 bits per heavy atom. The van der Waals surface area contributed by atoms with E-state index in [1.807, 2.05) is 6.92 Å². The molecule has 0 saturated heterocycles. The normalized spacial score (nSPS) is 23.7. The first-order chi connectivity index (χ1) is 9.29. The van der Waals surface area contributed by atoms with Gasteiger partial charge in [0.1, 0.15) is 6.33 Å². The van der Waals surface area contributed by atoms with Crippen molar-refractivity contribution in [2.75, 3.05) is 5.32 Å². The van der Waals surface area contributed by atoms with E-state index in [1.165, 1.54) is 25.7 Å². The summed E-state index contributed by atoms with van der Waals surface area (Å²) < 4.78 is 1.80. The van der Waals surface area contributed by atoms with Crippen molar-refractivity contribution >= 4 is 17.0 Å². The van der Waals surface area contributed by atoms with E-state index in [-0.39, 0.29) is 0 Å². The van der Waals surface area contributed by atoms with E-state index >= 15 is 0 Å². The topological polar surface area (TPSA) is 68.5 Å². The van der Waals surface area contributed by atoms with Crippen molar-refractivity contribution in [1.29, 1.82) is 0 Å². The first kappa shape index (κ1) is 12.3. The Morgan fingerprint density at radius 2 is 2.16 bits per heavy atom. The molecule has 2 heterocycles. The van der Waals surface area contributed by atoms with Crippen LogP contribution in [-0.4, -0.2) is 31.0 Å². The van der Waals surface area contributed by atoms with Gasteiger partial charge in [-0.25, -0.2) is 14.6 Å². The minimum Gasteiger partial charge on any atom is -0.365 e. The Kier molecular flexibility index (Phi) is 3.31. The first-order valence-electron chi connectivity index (χ1n) is 7.10. The van der Waals surface area contributed by atoms with Crippen LogP contribution < -0.4 is 5.32 Å². The van der Waals surface area contributed by atoms with E-state index in [2.05, 4.69) is 32.5 Å². The minimum atomic E-state index is 0.485. The predicted octanol–water partition coefficient (Wildman–Crippen LogP) is 2.23. The zero-order valence-corrected chi connectivity index (χ0v) is 11.5. The lowest BCUT2D eigenvalue weighted by atomic mass is 9.86. The smallest absolute Gasteiger partial charge is 0.183 e. The lowest BCUT2D eigenvalue weighted by Gasteiger charge is -2.29. The molecule has 6 heteroatoms. The highest BCUT2D eigenvalue weighted by atomic mass is 15.4. The number of aromatic nitrogens is 5. The van der Waals surface area contributed by atoms with E-state index in [0.29, 0.717) is 12.0 Å². The third-order valence-electron chi connectivity index (χ3n) is 4.03. The van der Waals surface area contributed by atoms with Crippen LogP contribution in [0, 0.1) is 5.92 Å². The van der Waals surface area contributed by atoms with Gasteiger partial charge < -0.3 is 5.32 Å². The maximum atomic E-state index is 4.35. The Balaban J connectivity index is 1.90. The van der Waals surface area contributed by atoms with Crippen molar-refractivity contribution < 1.29 is 0 Å². The van der Waals surface area contributed by atoms with Gasteiger partial charge in [-0.1, -0.05) is 25.0 Å². The molecule has 0 radical (unpaired) electrons. The molecule has 1 saturated carbocycles. The molecular weight excluding hydrogens is 240 g/mol. The molecule has 2 aromatic rings. The van der Waals surface area contributed by atoms with Crippen LogP contribution >= 0.6 is 0 Å². The molecule has 0 amide bonds. The van der Waals surface area contributed by atoms with Gasteiger partial charge in [-0.2, -0.15) is 0 Å². The summed E-state index contributed by atoms with van der Waals surface area (Å²) in [5, 5.41) is 11.9. The summed E-state index contributed by atoms with van der Waals surface area (Å²) in [6.45, 7) is 5.11. The van der Waals surface area contributed by atoms with Gasteiger partial charge >= 0.3 is 0 Å². The number of hydrogen-bond donors (Lipinski definition) is 1. The highest BCUT2D eigenvalue weighted by Gasteiger charge is 2.22. The largest absolute Gasteiger partial charge is 0.365 e. The summed E-state index contributed by atoms with van der Waals surface area (Å²) in [5.74, 6) is 1.50. The molecule has 6 nitrogen and oxygen atoms in total. The first-order valence-corrected chi connectivity index (χ1v) is 7.10. The zero-order valence-electron chi connectivity index (χ0n) is 11.5. The van der Waals surface area contributed by atoms with Crippen LogP contribution in [0.5, 0.6) is 0 Å². The predicted molar refractivity (Wildman–Crippen MR) is 73.8 cm³/mol. The molecule has 0 aliphatic heterocycles. The van der Waals surface area contributed by atoms with E-state index in [4.69, 9.17) is 0 Å². The summed E-state index contributed by atoms with van der Waals surface area (Å²) in [7, 11) is 0. The second-order valence-electron chi connectivity index (χ2n) is 5.31. The minimum absolute atomic E-state index is 0.485. The Morgan fingerprint density at radius 3 is 2.95 bits per heavy atom. The molecule has 1 N–H and O–H groups in total. The molecule has 0 bridgehead atoms. The van der Waals surface area contributed by atoms with Gasteiger partial charge in [0.25, 0.3) is 0 Å². The van der Waals surface area contributed by atoms with Gasteiger partial charge in [-0.15, -0.1) is 5.10 Å². The molecular formula is C13H20N6. The van der Waals surface area contributed by atoms with Crippen molar-refractivity contribution in [3.63, 3.8) is 0 Å². The summed E-state index contributed by atoms with van der Waals surface area (Å²) in [4.78, 5) is 8.62. The van der Waals surface area contributed by atoms with Gasteiger partial charge in [0.2, 0.25) is 0 Å². The number of fused-ring (bicyclic) bond motifs is 1. The van der Waals surface area contributed by atoms with Crippen LogP contribution in [0.1, 0.15) is 39.5 Å². The highest BCUT2D eigenvalue weighted by Crippen LogP contribution is 2.27. The second-order valence-corrected chi connectivity index (χ2v) is 5.31. The third-order valence-corrected chi connectivity index (χ3v) is 4.03. The van der Waals surface area contributed by atoms with Gasteiger partial charge in [0.05, 0.1) is 0 Å². The molecule has 3 rings (SSSR count). The van der Waals surface area contributed by atoms with Crippen LogP contribution in [0.2, 0.25) is 0 Å². The molecule has 1 aliphatic rings. The molecule has 2 atom stereocenters. The quantitative estimate of drug-likeness (QED) is 0.916. The summed E-state index contributed by atoms with van der Waals surface area (Å²) in [6, 6.07) is 0.485. The molecule has 0 unspecified atom stereocenters. The maximum absolute atomic E-state index is 4.35. The van der Waals surface area contributed by atoms with E-state index in [0.717, 1.165) is 23.5 Å². The molecule has 0 aromatic carbocycles. The molecule has 0 spiro atoms. The number of nitrogens with one attached hydrogen (secondary N) is 1. The zero-order chi connectivity index (χ0) is 13.2. The average molecular weight is 260 g/mol. The Bertz CT molecular complexity index is 563. The fraction of sp³-hybridized carbons (Fsp3) is 0.692. The average Bonchev–Trinajstić information content (AvgIpc) is 2.85. The fourth-order valence-electron chi connectivity index (χ4n) is 2.82. The van der Waals surface area contributed by atoms with Crippen LogP contribution in [0.3, 0.4) is 0 Å². The van der Waals surface area contributed by atoms with Crippen molar-refractivity contribution in [3.8, 4) is 0 Å². The van der Waals surface area contributed by atoms with Crippen molar-refractivity contribution in [2.45, 2.75) is 52.1 Å². The van der Waals surface area contributed by atoms with Gasteiger partial charge in [0, 0.05) is 12.6 Å². The molecule has 1 fully saturated rings. The second kappa shape index (κ2) is 5.11. The van der Waals surface area contributed by atoms with Gasteiger partial charge in [-0.05, 0) is 25.7 Å². The van der Waals surface area contributed by atoms with Crippen molar-refractivity contribution in [2.24, 2.45) is 5.92 Å². The molecule has 102 valence electrons. The molecule has 2 aromatic heterocycles. The van der Waals surface area contributed by atoms with Crippen LogP contribution in [0.4, 0.5) is 5.82 Å². The SMILES string of the molecule is CCn1nnc2c(N[C@@H]3CCCC[C@H]3C)ncnc21. The van der Waals surface area contributed by atoms with Gasteiger partial charge in [-0.3, -0.25) is 0 Å². The highest BCUT2D eigenvalue weighted by molar-refractivity contribution is 5.81. The van der Waals surface area contributed by atoms with Crippen molar-refractivity contribution in [3.05, 3.63) is 6.33 Å². The Hall–Kier alpha value is -1.72. The standard InChI is InChI=1S/C13H20N6/c1-3-19-13-11(17-18-19)12(14-8-15-13)16-10-7-5-4-6-9(10)2/h8-10H,3-7H2,1-2H3,(H,14,15,16)/t9-,10-/m1/s1. The monoisotopic (exact) mass is 260 g/mol. The third kappa shape index (κ3) is 2.27. The number of hydrogen-bond acceptors (Lipinski definition) is 5. The number of rotatable bonds is 3. The number of anilines is 1. The van der Waals surface area contributed by atoms with E-state index < -0.39 is 0 Å².